The number of ether oxygens (including phenoxy) is 1. The number of rotatable bonds is 12. The van der Waals surface area contributed by atoms with Gasteiger partial charge in [-0.05, 0) is 38.0 Å². The van der Waals surface area contributed by atoms with Crippen LogP contribution >= 0.6 is 11.6 Å². The number of aliphatic imine (C=N–C) groups is 2. The van der Waals surface area contributed by atoms with Crippen molar-refractivity contribution in [3.05, 3.63) is 10.8 Å². The zero-order chi connectivity index (χ0) is 24.9. The van der Waals surface area contributed by atoms with Crippen LogP contribution in [0.5, 0.6) is 0 Å². The van der Waals surface area contributed by atoms with Gasteiger partial charge in [0.25, 0.3) is 5.91 Å². The van der Waals surface area contributed by atoms with Gasteiger partial charge in [0.15, 0.2) is 28.4 Å². The highest BCUT2D eigenvalue weighted by Crippen LogP contribution is 2.29. The molecule has 1 saturated carbocycles. The lowest BCUT2D eigenvalue weighted by molar-refractivity contribution is -0.0270. The van der Waals surface area contributed by atoms with E-state index < -0.39 is 12.0 Å². The Hall–Kier alpha value is -2.74. The molecule has 11 N–H and O–H groups in total. The Balaban J connectivity index is 1.59. The molecule has 1 heterocycles. The summed E-state index contributed by atoms with van der Waals surface area (Å²) in [5.74, 6) is 4.86. The minimum absolute atomic E-state index is 0.0241. The minimum Gasteiger partial charge on any atom is -0.389 e. The second-order valence-electron chi connectivity index (χ2n) is 8.14. The van der Waals surface area contributed by atoms with Crippen LogP contribution in [-0.2, 0) is 4.74 Å². The summed E-state index contributed by atoms with van der Waals surface area (Å²) in [6.45, 7) is 1.03. The van der Waals surface area contributed by atoms with E-state index in [-0.39, 0.29) is 47.7 Å². The van der Waals surface area contributed by atoms with E-state index in [1.54, 1.807) is 0 Å². The number of hydrogen-bond donors (Lipinski definition) is 7. The number of hydrazine groups is 1. The number of guanidine groups is 1. The van der Waals surface area contributed by atoms with Crippen LogP contribution in [0.1, 0.15) is 55.4 Å². The first-order valence-electron chi connectivity index (χ1n) is 11.2. The molecule has 1 fully saturated rings. The Labute approximate surface area is 203 Å². The van der Waals surface area contributed by atoms with E-state index in [0.717, 1.165) is 44.9 Å². The number of hydrogen-bond acceptors (Lipinski definition) is 10. The molecule has 1 aliphatic carbocycles. The van der Waals surface area contributed by atoms with E-state index in [9.17, 15) is 9.90 Å². The third-order valence-corrected chi connectivity index (χ3v) is 5.74. The first kappa shape index (κ1) is 27.5. The van der Waals surface area contributed by atoms with Crippen LogP contribution in [0.25, 0.3) is 0 Å². The van der Waals surface area contributed by atoms with Gasteiger partial charge in [-0.1, -0.05) is 24.4 Å². The topological polar surface area (TPSA) is 225 Å². The SMILES string of the molecule is NNC=NCC(O)COC1CCC(CCCCN=C(N)NC(=O)c2nc(Cl)c(N)nc2N)CC1. The third-order valence-electron chi connectivity index (χ3n) is 5.46. The number of aromatic nitrogens is 2. The fourth-order valence-corrected chi connectivity index (χ4v) is 3.81. The lowest BCUT2D eigenvalue weighted by Crippen LogP contribution is -2.38. The average molecular weight is 499 g/mol. The zero-order valence-electron chi connectivity index (χ0n) is 19.1. The molecule has 0 bridgehead atoms. The molecule has 0 aliphatic heterocycles. The van der Waals surface area contributed by atoms with Crippen molar-refractivity contribution in [3.8, 4) is 0 Å². The van der Waals surface area contributed by atoms with E-state index in [1.807, 2.05) is 0 Å². The van der Waals surface area contributed by atoms with Crippen molar-refractivity contribution in [3.63, 3.8) is 0 Å². The van der Waals surface area contributed by atoms with Gasteiger partial charge in [0.2, 0.25) is 0 Å². The number of anilines is 2. The molecule has 0 aromatic carbocycles. The summed E-state index contributed by atoms with van der Waals surface area (Å²) < 4.78 is 5.81. The van der Waals surface area contributed by atoms with E-state index in [1.165, 1.54) is 6.34 Å². The van der Waals surface area contributed by atoms with Gasteiger partial charge < -0.3 is 32.5 Å². The maximum absolute atomic E-state index is 12.2. The summed E-state index contributed by atoms with van der Waals surface area (Å²) in [6, 6.07) is 0. The predicted molar refractivity (Wildman–Crippen MR) is 132 cm³/mol. The van der Waals surface area contributed by atoms with Crippen molar-refractivity contribution in [1.29, 1.82) is 0 Å². The van der Waals surface area contributed by atoms with E-state index in [4.69, 9.17) is 39.4 Å². The van der Waals surface area contributed by atoms with Crippen LogP contribution in [0, 0.1) is 5.92 Å². The normalized spacial score (nSPS) is 19.8. The fourth-order valence-electron chi connectivity index (χ4n) is 3.68. The molecular formula is C20H35ClN10O3. The highest BCUT2D eigenvalue weighted by atomic mass is 35.5. The number of halogens is 1. The smallest absolute Gasteiger partial charge is 0.280 e. The highest BCUT2D eigenvalue weighted by molar-refractivity contribution is 6.31. The number of nitrogens with two attached hydrogens (primary N) is 4. The largest absolute Gasteiger partial charge is 0.389 e. The molecule has 190 valence electrons. The molecule has 1 amide bonds. The van der Waals surface area contributed by atoms with Crippen LogP contribution in [-0.4, -0.2) is 65.2 Å². The Morgan fingerprint density at radius 2 is 1.97 bits per heavy atom. The molecule has 1 aromatic heterocycles. The Bertz CT molecular complexity index is 846. The van der Waals surface area contributed by atoms with Crippen molar-refractivity contribution in [2.45, 2.75) is 57.2 Å². The zero-order valence-corrected chi connectivity index (χ0v) is 19.9. The van der Waals surface area contributed by atoms with Gasteiger partial charge >= 0.3 is 0 Å². The Kier molecular flexibility index (Phi) is 11.7. The van der Waals surface area contributed by atoms with Crippen molar-refractivity contribution < 1.29 is 14.6 Å². The predicted octanol–water partition coefficient (Wildman–Crippen LogP) is -0.0629. The quantitative estimate of drug-likeness (QED) is 0.0667. The summed E-state index contributed by atoms with van der Waals surface area (Å²) in [5.41, 5.74) is 19.1. The monoisotopic (exact) mass is 498 g/mol. The second kappa shape index (κ2) is 14.5. The minimum atomic E-state index is -0.653. The summed E-state index contributed by atoms with van der Waals surface area (Å²) in [5, 5.41) is 12.1. The van der Waals surface area contributed by atoms with Crippen LogP contribution in [0.4, 0.5) is 11.6 Å². The second-order valence-corrected chi connectivity index (χ2v) is 8.50. The lowest BCUT2D eigenvalue weighted by atomic mass is 9.84. The first-order valence-corrected chi connectivity index (χ1v) is 11.6. The van der Waals surface area contributed by atoms with E-state index >= 15 is 0 Å². The van der Waals surface area contributed by atoms with Gasteiger partial charge in [0, 0.05) is 6.54 Å². The van der Waals surface area contributed by atoms with Crippen molar-refractivity contribution in [2.75, 3.05) is 31.2 Å². The van der Waals surface area contributed by atoms with Crippen molar-refractivity contribution in [2.24, 2.45) is 27.5 Å². The number of unbranched alkanes of at least 4 members (excludes halogenated alkanes) is 1. The molecule has 34 heavy (non-hydrogen) atoms. The van der Waals surface area contributed by atoms with Gasteiger partial charge in [-0.2, -0.15) is 0 Å². The summed E-state index contributed by atoms with van der Waals surface area (Å²) in [7, 11) is 0. The standard InChI is InChI=1S/C20H35ClN10O3/c21-16-18(23)30-17(22)15(29-16)19(33)31-20(24)27-8-2-1-3-12-4-6-14(7-5-12)34-10-13(32)9-26-11-28-25/h11-14,32H,1-10,25H2,(H,26,28)(H4,22,23,30)(H3,24,27,31,33). The number of nitrogens with zero attached hydrogens (tertiary/aromatic N) is 4. The van der Waals surface area contributed by atoms with Gasteiger partial charge in [0.1, 0.15) is 0 Å². The fraction of sp³-hybridized carbons (Fsp3) is 0.650. The molecule has 1 atom stereocenters. The maximum Gasteiger partial charge on any atom is 0.280 e. The molecule has 1 aliphatic rings. The van der Waals surface area contributed by atoms with E-state index in [0.29, 0.717) is 12.5 Å². The number of nitrogens with one attached hydrogen (secondary N) is 2. The number of aliphatic hydroxyl groups excluding tert-OH is 1. The van der Waals surface area contributed by atoms with Gasteiger partial charge in [-0.15, -0.1) is 0 Å². The van der Waals surface area contributed by atoms with E-state index in [2.05, 4.69) is 30.7 Å². The molecular weight excluding hydrogens is 464 g/mol. The van der Waals surface area contributed by atoms with Gasteiger partial charge in [-0.25, -0.2) is 15.8 Å². The summed E-state index contributed by atoms with van der Waals surface area (Å²) >= 11 is 5.78. The van der Waals surface area contributed by atoms with Crippen LogP contribution < -0.4 is 33.8 Å². The number of nitrogen functional groups attached to an aromatic ring is 2. The number of aliphatic hydroxyl groups is 1. The summed E-state index contributed by atoms with van der Waals surface area (Å²) in [6.07, 6.45) is 8.05. The number of amides is 1. The first-order chi connectivity index (χ1) is 16.3. The summed E-state index contributed by atoms with van der Waals surface area (Å²) in [4.78, 5) is 27.9. The maximum atomic E-state index is 12.2. The molecule has 1 unspecified atom stereocenters. The molecule has 0 spiro atoms. The number of carbonyl (C=O) groups excluding carboxylic acids is 1. The molecule has 1 aromatic rings. The third kappa shape index (κ3) is 9.63. The highest BCUT2D eigenvalue weighted by Gasteiger charge is 2.22. The number of carbonyl (C=O) groups is 1. The molecule has 13 nitrogen and oxygen atoms in total. The van der Waals surface area contributed by atoms with Crippen molar-refractivity contribution >= 4 is 41.4 Å². The van der Waals surface area contributed by atoms with Crippen molar-refractivity contribution in [1.82, 2.24) is 20.7 Å². The Morgan fingerprint density at radius 1 is 1.24 bits per heavy atom. The lowest BCUT2D eigenvalue weighted by Gasteiger charge is -2.29. The van der Waals surface area contributed by atoms with Gasteiger partial charge in [0.05, 0.1) is 31.7 Å². The van der Waals surface area contributed by atoms with Crippen LogP contribution in [0.15, 0.2) is 9.98 Å². The molecule has 0 saturated heterocycles. The van der Waals surface area contributed by atoms with Crippen LogP contribution in [0.2, 0.25) is 5.15 Å². The Morgan fingerprint density at radius 3 is 2.68 bits per heavy atom. The molecule has 14 heteroatoms. The van der Waals surface area contributed by atoms with Crippen LogP contribution in [0.3, 0.4) is 0 Å². The molecule has 0 radical (unpaired) electrons. The average Bonchev–Trinajstić information content (AvgIpc) is 2.80. The van der Waals surface area contributed by atoms with Gasteiger partial charge in [-0.3, -0.25) is 20.1 Å². The molecule has 2 rings (SSSR count).